The first-order valence-electron chi connectivity index (χ1n) is 10.4. The fraction of sp³-hybridized carbons (Fsp3) is 0.478. The maximum Gasteiger partial charge on any atom is 0.245 e. The van der Waals surface area contributed by atoms with Crippen LogP contribution in [0.4, 0.5) is 11.5 Å². The van der Waals surface area contributed by atoms with Crippen LogP contribution in [0, 0.1) is 25.2 Å². The molecular weight excluding hydrogens is 364 g/mol. The minimum Gasteiger partial charge on any atom is -0.376 e. The van der Waals surface area contributed by atoms with Crippen molar-refractivity contribution in [2.75, 3.05) is 29.9 Å². The lowest BCUT2D eigenvalue weighted by Crippen LogP contribution is -2.37. The van der Waals surface area contributed by atoms with E-state index < -0.39 is 0 Å². The highest BCUT2D eigenvalue weighted by molar-refractivity contribution is 5.95. The molecule has 1 aromatic carbocycles. The van der Waals surface area contributed by atoms with Crippen LogP contribution < -0.4 is 10.2 Å². The molecule has 152 valence electrons. The topological polar surface area (TPSA) is 70.3 Å². The van der Waals surface area contributed by atoms with Crippen LogP contribution in [0.3, 0.4) is 0 Å². The molecule has 0 aliphatic carbocycles. The van der Waals surface area contributed by atoms with Crippen molar-refractivity contribution in [2.24, 2.45) is 0 Å². The largest absolute Gasteiger partial charge is 0.376 e. The number of nitrogens with one attached hydrogen (secondary N) is 1. The quantitative estimate of drug-likeness (QED) is 0.845. The number of rotatable bonds is 5. The first-order valence-corrected chi connectivity index (χ1v) is 10.4. The van der Waals surface area contributed by atoms with Crippen LogP contribution in [0.1, 0.15) is 41.6 Å². The van der Waals surface area contributed by atoms with Crippen LogP contribution >= 0.6 is 0 Å². The zero-order valence-corrected chi connectivity index (χ0v) is 17.2. The summed E-state index contributed by atoms with van der Waals surface area (Å²) in [5, 5.41) is 12.8. The van der Waals surface area contributed by atoms with E-state index in [1.807, 2.05) is 30.5 Å². The van der Waals surface area contributed by atoms with E-state index in [9.17, 15) is 10.1 Å². The van der Waals surface area contributed by atoms with Gasteiger partial charge in [0, 0.05) is 24.5 Å². The van der Waals surface area contributed by atoms with Crippen molar-refractivity contribution in [3.05, 3.63) is 46.6 Å². The van der Waals surface area contributed by atoms with E-state index in [4.69, 9.17) is 4.74 Å². The number of para-hydroxylation sites is 1. The molecule has 0 saturated carbocycles. The number of hydrogen-bond acceptors (Lipinski definition) is 4. The summed E-state index contributed by atoms with van der Waals surface area (Å²) in [6.45, 7) is 6.54. The van der Waals surface area contributed by atoms with Gasteiger partial charge in [0.05, 0.1) is 24.8 Å². The van der Waals surface area contributed by atoms with Crippen LogP contribution in [-0.4, -0.2) is 36.3 Å². The summed E-state index contributed by atoms with van der Waals surface area (Å²) < 4.78 is 7.84. The number of aromatic nitrogens is 1. The number of benzene rings is 1. The van der Waals surface area contributed by atoms with Crippen molar-refractivity contribution in [3.63, 3.8) is 0 Å². The van der Waals surface area contributed by atoms with Crippen LogP contribution in [0.25, 0.3) is 0 Å². The maximum atomic E-state index is 13.0. The third kappa shape index (κ3) is 3.88. The molecule has 4 rings (SSSR count). The first kappa shape index (κ1) is 19.5. The lowest BCUT2D eigenvalue weighted by Gasteiger charge is -2.30. The Kier molecular flexibility index (Phi) is 5.59. The Morgan fingerprint density at radius 1 is 1.31 bits per heavy atom. The van der Waals surface area contributed by atoms with Crippen LogP contribution in [0.5, 0.6) is 0 Å². The molecule has 3 heterocycles. The number of hydrogen-bond donors (Lipinski definition) is 1. The summed E-state index contributed by atoms with van der Waals surface area (Å²) in [7, 11) is 0. The molecule has 1 N–H and O–H groups in total. The number of fused-ring (bicyclic) bond motifs is 1. The average Bonchev–Trinajstić information content (AvgIpc) is 3.31. The van der Waals surface area contributed by atoms with E-state index in [-0.39, 0.29) is 18.6 Å². The molecule has 6 heteroatoms. The van der Waals surface area contributed by atoms with E-state index in [0.29, 0.717) is 17.9 Å². The van der Waals surface area contributed by atoms with Crippen molar-refractivity contribution >= 4 is 17.4 Å². The molecule has 1 saturated heterocycles. The summed E-state index contributed by atoms with van der Waals surface area (Å²) in [6, 6.07) is 10.6. The van der Waals surface area contributed by atoms with Gasteiger partial charge in [-0.1, -0.05) is 18.2 Å². The molecule has 1 aromatic heterocycles. The van der Waals surface area contributed by atoms with Gasteiger partial charge in [-0.25, -0.2) is 0 Å². The third-order valence-electron chi connectivity index (χ3n) is 6.15. The van der Waals surface area contributed by atoms with E-state index >= 15 is 0 Å². The van der Waals surface area contributed by atoms with Crippen molar-refractivity contribution < 1.29 is 9.53 Å². The number of anilines is 2. The average molecular weight is 393 g/mol. The fourth-order valence-corrected chi connectivity index (χ4v) is 4.47. The number of carbonyl (C=O) groups is 1. The maximum absolute atomic E-state index is 13.0. The summed E-state index contributed by atoms with van der Waals surface area (Å²) in [4.78, 5) is 15.1. The van der Waals surface area contributed by atoms with Gasteiger partial charge in [-0.3, -0.25) is 4.79 Å². The van der Waals surface area contributed by atoms with Gasteiger partial charge in [0.1, 0.15) is 11.9 Å². The predicted molar refractivity (Wildman–Crippen MR) is 113 cm³/mol. The first-order chi connectivity index (χ1) is 14.1. The molecule has 29 heavy (non-hydrogen) atoms. The van der Waals surface area contributed by atoms with Crippen molar-refractivity contribution in [1.82, 2.24) is 4.57 Å². The van der Waals surface area contributed by atoms with E-state index in [1.165, 1.54) is 5.56 Å². The van der Waals surface area contributed by atoms with E-state index in [1.54, 1.807) is 0 Å². The van der Waals surface area contributed by atoms with E-state index in [2.05, 4.69) is 28.4 Å². The molecule has 2 aliphatic heterocycles. The van der Waals surface area contributed by atoms with Crippen molar-refractivity contribution in [3.8, 4) is 6.07 Å². The van der Waals surface area contributed by atoms with Gasteiger partial charge in [0.2, 0.25) is 5.91 Å². The zero-order chi connectivity index (χ0) is 20.4. The number of amides is 1. The zero-order valence-electron chi connectivity index (χ0n) is 17.2. The molecule has 0 spiro atoms. The molecule has 1 fully saturated rings. The number of ether oxygens (including phenoxy) is 1. The Hall–Kier alpha value is -2.78. The molecule has 0 bridgehead atoms. The number of nitrogens with zero attached hydrogens (tertiary/aromatic N) is 3. The lowest BCUT2D eigenvalue weighted by molar-refractivity contribution is -0.115. The SMILES string of the molecule is Cc1c(C#N)c(NC(=O)CN2CCCc3ccccc32)n(C[C@H]2CCCO2)c1C. The highest BCUT2D eigenvalue weighted by atomic mass is 16.5. The molecule has 6 nitrogen and oxygen atoms in total. The molecule has 1 atom stereocenters. The minimum absolute atomic E-state index is 0.0932. The normalized spacial score (nSPS) is 18.4. The summed E-state index contributed by atoms with van der Waals surface area (Å²) in [6.07, 6.45) is 4.30. The number of nitriles is 1. The molecule has 1 amide bonds. The lowest BCUT2D eigenvalue weighted by atomic mass is 10.0. The second kappa shape index (κ2) is 8.30. The number of aryl methyl sites for hydroxylation is 1. The van der Waals surface area contributed by atoms with Gasteiger partial charge in [-0.15, -0.1) is 0 Å². The third-order valence-corrected chi connectivity index (χ3v) is 6.15. The second-order valence-electron chi connectivity index (χ2n) is 7.99. The van der Waals surface area contributed by atoms with E-state index in [0.717, 1.165) is 55.8 Å². The Labute approximate surface area is 172 Å². The molecule has 0 radical (unpaired) electrons. The second-order valence-corrected chi connectivity index (χ2v) is 7.99. The summed E-state index contributed by atoms with van der Waals surface area (Å²) in [5.41, 5.74) is 4.90. The Balaban J connectivity index is 1.55. The van der Waals surface area contributed by atoms with Gasteiger partial charge in [-0.05, 0) is 56.7 Å². The summed E-state index contributed by atoms with van der Waals surface area (Å²) >= 11 is 0. The standard InChI is InChI=1S/C23H28N4O2/c1-16-17(2)27(14-19-9-6-12-29-19)23(20(16)13-24)25-22(28)15-26-11-5-8-18-7-3-4-10-21(18)26/h3-4,7,10,19H,5-6,8-9,11-12,14-15H2,1-2H3,(H,25,28)/t19-/m1/s1. The summed E-state index contributed by atoms with van der Waals surface area (Å²) in [5.74, 6) is 0.512. The van der Waals surface area contributed by atoms with Gasteiger partial charge in [-0.2, -0.15) is 5.26 Å². The monoisotopic (exact) mass is 392 g/mol. The van der Waals surface area contributed by atoms with Gasteiger partial charge >= 0.3 is 0 Å². The number of carbonyl (C=O) groups excluding carboxylic acids is 1. The molecular formula is C23H28N4O2. The van der Waals surface area contributed by atoms with Crippen LogP contribution in [0.15, 0.2) is 24.3 Å². The van der Waals surface area contributed by atoms with Crippen LogP contribution in [-0.2, 0) is 22.5 Å². The van der Waals surface area contributed by atoms with Crippen molar-refractivity contribution in [1.29, 1.82) is 5.26 Å². The van der Waals surface area contributed by atoms with Crippen molar-refractivity contribution in [2.45, 2.75) is 52.2 Å². The Morgan fingerprint density at radius 2 is 2.14 bits per heavy atom. The molecule has 2 aliphatic rings. The Morgan fingerprint density at radius 3 is 2.90 bits per heavy atom. The molecule has 2 aromatic rings. The van der Waals surface area contributed by atoms with Crippen LogP contribution in [0.2, 0.25) is 0 Å². The Bertz CT molecular complexity index is 951. The fourth-order valence-electron chi connectivity index (χ4n) is 4.47. The van der Waals surface area contributed by atoms with Gasteiger partial charge in [0.15, 0.2) is 0 Å². The van der Waals surface area contributed by atoms with Gasteiger partial charge < -0.3 is 19.5 Å². The highest BCUT2D eigenvalue weighted by Crippen LogP contribution is 2.29. The minimum atomic E-state index is -0.0932. The predicted octanol–water partition coefficient (Wildman–Crippen LogP) is 3.55. The highest BCUT2D eigenvalue weighted by Gasteiger charge is 2.25. The smallest absolute Gasteiger partial charge is 0.245 e. The van der Waals surface area contributed by atoms with Gasteiger partial charge in [0.25, 0.3) is 0 Å². The molecule has 0 unspecified atom stereocenters.